The first-order valence-electron chi connectivity index (χ1n) is 6.27. The van der Waals surface area contributed by atoms with Gasteiger partial charge in [0.25, 0.3) is 0 Å². The molecule has 0 spiro atoms. The van der Waals surface area contributed by atoms with Gasteiger partial charge >= 0.3 is 5.97 Å². The van der Waals surface area contributed by atoms with Crippen LogP contribution in [0, 0.1) is 5.92 Å². The zero-order valence-corrected chi connectivity index (χ0v) is 13.2. The lowest BCUT2D eigenvalue weighted by Crippen LogP contribution is -2.17. The maximum Gasteiger partial charge on any atom is 0.307 e. The molecule has 0 bridgehead atoms. The molecule has 1 saturated heterocycles. The highest BCUT2D eigenvalue weighted by Crippen LogP contribution is 2.37. The summed E-state index contributed by atoms with van der Waals surface area (Å²) in [5.74, 6) is -1.25. The van der Waals surface area contributed by atoms with E-state index in [9.17, 15) is 13.2 Å². The number of hydrogen-bond acceptors (Lipinski definition) is 5. The van der Waals surface area contributed by atoms with Crippen LogP contribution in [0.15, 0.2) is 17.0 Å². The predicted octanol–water partition coefficient (Wildman–Crippen LogP) is 1.49. The van der Waals surface area contributed by atoms with E-state index >= 15 is 0 Å². The average Bonchev–Trinajstić information content (AvgIpc) is 2.86. The van der Waals surface area contributed by atoms with E-state index in [0.717, 1.165) is 6.26 Å². The molecule has 6 nitrogen and oxygen atoms in total. The van der Waals surface area contributed by atoms with Gasteiger partial charge in [0.2, 0.25) is 0 Å². The number of ether oxygens (including phenoxy) is 1. The summed E-state index contributed by atoms with van der Waals surface area (Å²) in [5, 5.41) is 12.3. The molecular weight excluding hydrogens is 318 g/mol. The Morgan fingerprint density at radius 3 is 2.62 bits per heavy atom. The van der Waals surface area contributed by atoms with Crippen LogP contribution in [0.5, 0.6) is 5.75 Å². The Morgan fingerprint density at radius 2 is 2.14 bits per heavy atom. The fraction of sp³-hybridized carbons (Fsp3) is 0.462. The van der Waals surface area contributed by atoms with Crippen LogP contribution in [0.25, 0.3) is 0 Å². The number of sulfone groups is 1. The minimum Gasteiger partial charge on any atom is -0.494 e. The standard InChI is InChI=1S/C13H16ClNO5S/c1-20-12-9(14)3-7(5-11(12)21(2,18)19)10-4-8(6-15-10)13(16)17/h3,5,8,10,15H,4,6H2,1-2H3,(H,16,17). The fourth-order valence-electron chi connectivity index (χ4n) is 2.44. The van der Waals surface area contributed by atoms with Crippen LogP contribution < -0.4 is 10.1 Å². The Kier molecular flexibility index (Phi) is 4.46. The summed E-state index contributed by atoms with van der Waals surface area (Å²) in [5.41, 5.74) is 0.643. The van der Waals surface area contributed by atoms with Gasteiger partial charge in [-0.05, 0) is 24.1 Å². The molecule has 2 atom stereocenters. The molecule has 1 heterocycles. The molecule has 1 aliphatic rings. The number of aliphatic carboxylic acids is 1. The van der Waals surface area contributed by atoms with E-state index in [1.54, 1.807) is 6.07 Å². The molecule has 21 heavy (non-hydrogen) atoms. The first-order valence-corrected chi connectivity index (χ1v) is 8.54. The lowest BCUT2D eigenvalue weighted by atomic mass is 10.00. The van der Waals surface area contributed by atoms with Gasteiger partial charge in [-0.2, -0.15) is 0 Å². The molecule has 2 rings (SSSR count). The summed E-state index contributed by atoms with van der Waals surface area (Å²) in [6.45, 7) is 0.345. The van der Waals surface area contributed by atoms with Gasteiger partial charge in [-0.1, -0.05) is 11.6 Å². The van der Waals surface area contributed by atoms with Gasteiger partial charge in [-0.25, -0.2) is 8.42 Å². The molecule has 1 fully saturated rings. The third-order valence-electron chi connectivity index (χ3n) is 3.52. The highest BCUT2D eigenvalue weighted by atomic mass is 35.5. The lowest BCUT2D eigenvalue weighted by Gasteiger charge is -2.15. The van der Waals surface area contributed by atoms with Crippen LogP contribution in [0.1, 0.15) is 18.0 Å². The molecule has 2 unspecified atom stereocenters. The summed E-state index contributed by atoms with van der Waals surface area (Å²) < 4.78 is 28.8. The number of carboxylic acid groups (broad SMARTS) is 1. The topological polar surface area (TPSA) is 92.7 Å². The number of carbonyl (C=O) groups is 1. The van der Waals surface area contributed by atoms with Crippen molar-refractivity contribution >= 4 is 27.4 Å². The second-order valence-electron chi connectivity index (χ2n) is 5.04. The number of methoxy groups -OCH3 is 1. The Labute approximate surface area is 128 Å². The second kappa shape index (κ2) is 5.82. The van der Waals surface area contributed by atoms with Crippen molar-refractivity contribution in [2.45, 2.75) is 17.4 Å². The maximum atomic E-state index is 11.9. The van der Waals surface area contributed by atoms with E-state index in [4.69, 9.17) is 21.4 Å². The first-order chi connectivity index (χ1) is 9.74. The van der Waals surface area contributed by atoms with Crippen LogP contribution in [0.3, 0.4) is 0 Å². The van der Waals surface area contributed by atoms with Crippen LogP contribution in [-0.2, 0) is 14.6 Å². The van der Waals surface area contributed by atoms with E-state index in [2.05, 4.69) is 5.32 Å². The molecule has 2 N–H and O–H groups in total. The Morgan fingerprint density at radius 1 is 1.48 bits per heavy atom. The van der Waals surface area contributed by atoms with Crippen molar-refractivity contribution in [2.75, 3.05) is 19.9 Å². The van der Waals surface area contributed by atoms with Crippen molar-refractivity contribution in [1.82, 2.24) is 5.32 Å². The highest BCUT2D eigenvalue weighted by molar-refractivity contribution is 7.90. The second-order valence-corrected chi connectivity index (χ2v) is 7.43. The number of hydrogen-bond donors (Lipinski definition) is 2. The van der Waals surface area contributed by atoms with E-state index in [-0.39, 0.29) is 21.7 Å². The van der Waals surface area contributed by atoms with Crippen molar-refractivity contribution in [3.8, 4) is 5.75 Å². The van der Waals surface area contributed by atoms with Crippen LogP contribution in [0.2, 0.25) is 5.02 Å². The number of benzene rings is 1. The van der Waals surface area contributed by atoms with Gasteiger partial charge in [0.15, 0.2) is 15.6 Å². The minimum atomic E-state index is -3.50. The van der Waals surface area contributed by atoms with Crippen LogP contribution in [0.4, 0.5) is 0 Å². The van der Waals surface area contributed by atoms with E-state index in [1.807, 2.05) is 0 Å². The number of halogens is 1. The number of carboxylic acids is 1. The molecule has 1 aliphatic heterocycles. The summed E-state index contributed by atoms with van der Waals surface area (Å²) in [6, 6.07) is 2.86. The Hall–Kier alpha value is -1.31. The highest BCUT2D eigenvalue weighted by Gasteiger charge is 2.31. The largest absolute Gasteiger partial charge is 0.494 e. The lowest BCUT2D eigenvalue weighted by molar-refractivity contribution is -0.141. The SMILES string of the molecule is COc1c(Cl)cc(C2CC(C(=O)O)CN2)cc1S(C)(=O)=O. The third kappa shape index (κ3) is 3.30. The van der Waals surface area contributed by atoms with Crippen molar-refractivity contribution in [3.05, 3.63) is 22.7 Å². The first kappa shape index (κ1) is 16.1. The molecule has 1 aromatic carbocycles. The van der Waals surface area contributed by atoms with E-state index in [0.29, 0.717) is 18.5 Å². The van der Waals surface area contributed by atoms with Gasteiger partial charge in [-0.15, -0.1) is 0 Å². The molecule has 116 valence electrons. The predicted molar refractivity (Wildman–Crippen MR) is 77.6 cm³/mol. The summed E-state index contributed by atoms with van der Waals surface area (Å²) in [6.07, 6.45) is 1.47. The molecule has 0 radical (unpaired) electrons. The smallest absolute Gasteiger partial charge is 0.307 e. The molecule has 0 saturated carbocycles. The molecular formula is C13H16ClNO5S. The van der Waals surface area contributed by atoms with Gasteiger partial charge in [0.1, 0.15) is 4.90 Å². The van der Waals surface area contributed by atoms with Gasteiger partial charge in [0, 0.05) is 18.8 Å². The quantitative estimate of drug-likeness (QED) is 0.867. The van der Waals surface area contributed by atoms with Crippen molar-refractivity contribution in [3.63, 3.8) is 0 Å². The molecule has 0 aromatic heterocycles. The zero-order valence-electron chi connectivity index (χ0n) is 11.6. The van der Waals surface area contributed by atoms with Gasteiger partial charge < -0.3 is 15.2 Å². The molecule has 0 amide bonds. The molecule has 1 aromatic rings. The monoisotopic (exact) mass is 333 g/mol. The third-order valence-corrected chi connectivity index (χ3v) is 4.90. The Bertz CT molecular complexity index is 673. The van der Waals surface area contributed by atoms with Crippen molar-refractivity contribution < 1.29 is 23.1 Å². The summed E-state index contributed by atoms with van der Waals surface area (Å²) in [7, 11) is -2.15. The maximum absolute atomic E-state index is 11.9. The Balaban J connectivity index is 2.43. The van der Waals surface area contributed by atoms with Crippen molar-refractivity contribution in [2.24, 2.45) is 5.92 Å². The zero-order chi connectivity index (χ0) is 15.8. The summed E-state index contributed by atoms with van der Waals surface area (Å²) in [4.78, 5) is 11.0. The fourth-order valence-corrected chi connectivity index (χ4v) is 3.68. The minimum absolute atomic E-state index is 0.00748. The normalized spacial score (nSPS) is 22.2. The summed E-state index contributed by atoms with van der Waals surface area (Å²) >= 11 is 6.08. The molecule has 0 aliphatic carbocycles. The number of rotatable bonds is 4. The van der Waals surface area contributed by atoms with Crippen molar-refractivity contribution in [1.29, 1.82) is 0 Å². The average molecular weight is 334 g/mol. The number of nitrogens with one attached hydrogen (secondary N) is 1. The molecule has 8 heteroatoms. The van der Waals surface area contributed by atoms with E-state index < -0.39 is 21.7 Å². The van der Waals surface area contributed by atoms with Crippen LogP contribution in [-0.4, -0.2) is 39.4 Å². The van der Waals surface area contributed by atoms with Crippen LogP contribution >= 0.6 is 11.6 Å². The van der Waals surface area contributed by atoms with Gasteiger partial charge in [0.05, 0.1) is 18.1 Å². The van der Waals surface area contributed by atoms with Gasteiger partial charge in [-0.3, -0.25) is 4.79 Å². The van der Waals surface area contributed by atoms with E-state index in [1.165, 1.54) is 13.2 Å².